The first-order valence-electron chi connectivity index (χ1n) is 19.0. The fraction of sp³-hybridized carbons (Fsp3) is 0.217. The molecular formula is C46H42N2O12. The Hall–Kier alpha value is -7.16. The van der Waals surface area contributed by atoms with Gasteiger partial charge in [0, 0.05) is 12.3 Å². The van der Waals surface area contributed by atoms with E-state index in [0.29, 0.717) is 33.8 Å². The molecule has 14 heteroatoms. The van der Waals surface area contributed by atoms with Crippen LogP contribution >= 0.6 is 0 Å². The second-order valence-electron chi connectivity index (χ2n) is 13.6. The molecule has 4 atom stereocenters. The van der Waals surface area contributed by atoms with E-state index < -0.39 is 53.7 Å². The summed E-state index contributed by atoms with van der Waals surface area (Å²) in [5.41, 5.74) is 0.606. The van der Waals surface area contributed by atoms with Crippen molar-refractivity contribution in [2.45, 2.75) is 43.4 Å². The van der Waals surface area contributed by atoms with Gasteiger partial charge in [-0.1, -0.05) is 115 Å². The number of carbonyl (C=O) groups is 2. The van der Waals surface area contributed by atoms with Crippen LogP contribution in [0.5, 0.6) is 11.5 Å². The van der Waals surface area contributed by atoms with E-state index in [2.05, 4.69) is 4.98 Å². The van der Waals surface area contributed by atoms with Crippen LogP contribution in [-0.2, 0) is 47.2 Å². The molecule has 1 aliphatic rings. The lowest BCUT2D eigenvalue weighted by Gasteiger charge is -2.37. The molecule has 1 aromatic heterocycles. The number of methoxy groups -OCH3 is 2. The van der Waals surface area contributed by atoms with Crippen LogP contribution in [0.2, 0.25) is 0 Å². The zero-order chi connectivity index (χ0) is 41.9. The van der Waals surface area contributed by atoms with Crippen molar-refractivity contribution in [1.29, 1.82) is 0 Å². The van der Waals surface area contributed by atoms with Crippen LogP contribution in [-0.4, -0.2) is 61.0 Å². The van der Waals surface area contributed by atoms with E-state index in [4.69, 9.17) is 37.9 Å². The van der Waals surface area contributed by atoms with Gasteiger partial charge in [0.25, 0.3) is 5.56 Å². The molecule has 60 heavy (non-hydrogen) atoms. The standard InChI is InChI=1S/C46H42N2O12/c1-53-36-22-18-34(19-23-36)46(33-16-10-5-11-17-33,35-20-24-37(54-2)25-21-35)57-30-38-40(59-44(51)55-28-31-12-6-3-7-13-31)41(42(58-38)48-27-26-39(49)47-43(48)50)60-45(52)56-29-32-14-8-4-9-15-32/h3-27,38,40-42H,28-30H2,1-2H3,(H,47,49,50)/t38-,40-,41-,42-/m1/s1. The summed E-state index contributed by atoms with van der Waals surface area (Å²) in [6, 6.07) is 43.2. The average Bonchev–Trinajstić information content (AvgIpc) is 3.61. The minimum Gasteiger partial charge on any atom is -0.497 e. The van der Waals surface area contributed by atoms with Crippen molar-refractivity contribution in [3.05, 3.63) is 200 Å². The largest absolute Gasteiger partial charge is 0.509 e. The molecule has 0 spiro atoms. The molecule has 0 unspecified atom stereocenters. The van der Waals surface area contributed by atoms with Crippen molar-refractivity contribution in [2.24, 2.45) is 0 Å². The monoisotopic (exact) mass is 814 g/mol. The maximum absolute atomic E-state index is 13.5. The third-order valence-corrected chi connectivity index (χ3v) is 9.91. The summed E-state index contributed by atoms with van der Waals surface area (Å²) in [6.45, 7) is -0.595. The molecular weight excluding hydrogens is 773 g/mol. The second-order valence-corrected chi connectivity index (χ2v) is 13.6. The van der Waals surface area contributed by atoms with Gasteiger partial charge in [-0.25, -0.2) is 14.4 Å². The number of nitrogens with one attached hydrogen (secondary N) is 1. The van der Waals surface area contributed by atoms with E-state index in [-0.39, 0.29) is 19.8 Å². The van der Waals surface area contributed by atoms with Crippen LogP contribution in [0.3, 0.4) is 0 Å². The van der Waals surface area contributed by atoms with Gasteiger partial charge in [-0.2, -0.15) is 0 Å². The summed E-state index contributed by atoms with van der Waals surface area (Å²) in [4.78, 5) is 54.7. The Balaban J connectivity index is 1.29. The molecule has 14 nitrogen and oxygen atoms in total. The number of aromatic amines is 1. The van der Waals surface area contributed by atoms with Crippen LogP contribution in [0.15, 0.2) is 161 Å². The first-order valence-corrected chi connectivity index (χ1v) is 19.0. The zero-order valence-corrected chi connectivity index (χ0v) is 32.7. The highest BCUT2D eigenvalue weighted by Crippen LogP contribution is 2.43. The molecule has 5 aromatic carbocycles. The van der Waals surface area contributed by atoms with Gasteiger partial charge in [0.05, 0.1) is 20.8 Å². The van der Waals surface area contributed by atoms with Crippen LogP contribution in [0.4, 0.5) is 9.59 Å². The van der Waals surface area contributed by atoms with Crippen molar-refractivity contribution in [3.63, 3.8) is 0 Å². The van der Waals surface area contributed by atoms with E-state index in [0.717, 1.165) is 16.2 Å². The number of ether oxygens (including phenoxy) is 8. The predicted octanol–water partition coefficient (Wildman–Crippen LogP) is 6.90. The van der Waals surface area contributed by atoms with E-state index >= 15 is 0 Å². The van der Waals surface area contributed by atoms with Crippen LogP contribution in [0.1, 0.15) is 34.0 Å². The highest BCUT2D eigenvalue weighted by Gasteiger charge is 2.53. The van der Waals surface area contributed by atoms with E-state index in [1.165, 1.54) is 6.20 Å². The first-order chi connectivity index (χ1) is 29.3. The summed E-state index contributed by atoms with van der Waals surface area (Å²) in [7, 11) is 3.14. The summed E-state index contributed by atoms with van der Waals surface area (Å²) in [6.07, 6.45) is -6.73. The van der Waals surface area contributed by atoms with Gasteiger partial charge >= 0.3 is 18.0 Å². The quantitative estimate of drug-likeness (QED) is 0.0844. The van der Waals surface area contributed by atoms with E-state index in [9.17, 15) is 19.2 Å². The summed E-state index contributed by atoms with van der Waals surface area (Å²) < 4.78 is 48.4. The molecule has 0 aliphatic carbocycles. The molecule has 1 N–H and O–H groups in total. The number of H-pyrrole nitrogens is 1. The Bertz CT molecular complexity index is 2390. The Morgan fingerprint density at radius 3 is 1.57 bits per heavy atom. The number of aromatic nitrogens is 2. The highest BCUT2D eigenvalue weighted by atomic mass is 16.8. The lowest BCUT2D eigenvalue weighted by Crippen LogP contribution is -2.44. The number of hydrogen-bond acceptors (Lipinski definition) is 12. The van der Waals surface area contributed by atoms with Crippen molar-refractivity contribution < 1.29 is 47.5 Å². The first kappa shape index (κ1) is 41.0. The fourth-order valence-corrected chi connectivity index (χ4v) is 6.97. The molecule has 2 heterocycles. The minimum absolute atomic E-state index is 0.131. The predicted molar refractivity (Wildman–Crippen MR) is 216 cm³/mol. The van der Waals surface area contributed by atoms with Crippen molar-refractivity contribution >= 4 is 12.3 Å². The molecule has 0 amide bonds. The molecule has 0 saturated carbocycles. The van der Waals surface area contributed by atoms with Crippen molar-refractivity contribution in [2.75, 3.05) is 20.8 Å². The van der Waals surface area contributed by atoms with Gasteiger partial charge in [-0.15, -0.1) is 0 Å². The average molecular weight is 815 g/mol. The smallest absolute Gasteiger partial charge is 0.497 e. The molecule has 1 aliphatic heterocycles. The van der Waals surface area contributed by atoms with Gasteiger partial charge in [-0.05, 0) is 52.1 Å². The SMILES string of the molecule is COc1ccc(C(OC[C@H]2O[C@@H](n3ccc(=O)[nH]c3=O)[C@H](OC(=O)OCc3ccccc3)[C@@H]2OC(=O)OCc2ccccc2)(c2ccccc2)c2ccc(OC)cc2)cc1. The fourth-order valence-electron chi connectivity index (χ4n) is 6.97. The minimum atomic E-state index is -1.53. The van der Waals surface area contributed by atoms with Gasteiger partial charge in [0.15, 0.2) is 18.4 Å². The second kappa shape index (κ2) is 19.1. The maximum atomic E-state index is 13.5. The van der Waals surface area contributed by atoms with E-state index in [1.807, 2.05) is 91.0 Å². The Kier molecular flexibility index (Phi) is 13.0. The van der Waals surface area contributed by atoms with Gasteiger partial charge < -0.3 is 37.9 Å². The lowest BCUT2D eigenvalue weighted by atomic mass is 9.80. The molecule has 7 rings (SSSR count). The van der Waals surface area contributed by atoms with Gasteiger partial charge in [0.1, 0.15) is 36.4 Å². The number of hydrogen-bond donors (Lipinski definition) is 1. The number of nitrogens with zero attached hydrogens (tertiary/aromatic N) is 1. The Labute approximate surface area is 344 Å². The van der Waals surface area contributed by atoms with Crippen LogP contribution in [0, 0.1) is 0 Å². The summed E-state index contributed by atoms with van der Waals surface area (Å²) in [5.74, 6) is 1.23. The molecule has 6 aromatic rings. The molecule has 0 bridgehead atoms. The van der Waals surface area contributed by atoms with Crippen LogP contribution in [0.25, 0.3) is 0 Å². The molecule has 1 fully saturated rings. The lowest BCUT2D eigenvalue weighted by molar-refractivity contribution is -0.100. The molecule has 308 valence electrons. The van der Waals surface area contributed by atoms with Gasteiger partial charge in [-0.3, -0.25) is 14.3 Å². The maximum Gasteiger partial charge on any atom is 0.509 e. The van der Waals surface area contributed by atoms with Gasteiger partial charge in [0.2, 0.25) is 0 Å². The molecule has 0 radical (unpaired) electrons. The Morgan fingerprint density at radius 2 is 1.08 bits per heavy atom. The third kappa shape index (κ3) is 9.41. The van der Waals surface area contributed by atoms with Crippen molar-refractivity contribution in [1.82, 2.24) is 9.55 Å². The summed E-state index contributed by atoms with van der Waals surface area (Å²) >= 11 is 0. The Morgan fingerprint density at radius 1 is 0.617 bits per heavy atom. The summed E-state index contributed by atoms with van der Waals surface area (Å²) in [5, 5.41) is 0. The number of rotatable bonds is 15. The third-order valence-electron chi connectivity index (χ3n) is 9.91. The number of carbonyl (C=O) groups excluding carboxylic acids is 2. The van der Waals surface area contributed by atoms with Crippen LogP contribution < -0.4 is 20.7 Å². The van der Waals surface area contributed by atoms with E-state index in [1.54, 1.807) is 62.8 Å². The number of benzene rings is 5. The zero-order valence-electron chi connectivity index (χ0n) is 32.7. The topological polar surface area (TPSA) is 163 Å². The normalized spacial score (nSPS) is 17.3. The highest BCUT2D eigenvalue weighted by molar-refractivity contribution is 5.62. The van der Waals surface area contributed by atoms with Crippen molar-refractivity contribution in [3.8, 4) is 11.5 Å². The molecule has 1 saturated heterocycles.